The lowest BCUT2D eigenvalue weighted by atomic mass is 9.91. The van der Waals surface area contributed by atoms with Gasteiger partial charge in [-0.1, -0.05) is 0 Å². The van der Waals surface area contributed by atoms with Gasteiger partial charge in [0, 0.05) is 16.8 Å². The van der Waals surface area contributed by atoms with Gasteiger partial charge >= 0.3 is 12.1 Å². The van der Waals surface area contributed by atoms with Crippen molar-refractivity contribution in [3.63, 3.8) is 0 Å². The van der Waals surface area contributed by atoms with E-state index >= 15 is 0 Å². The third-order valence-electron chi connectivity index (χ3n) is 5.52. The minimum atomic E-state index is -0.565. The van der Waals surface area contributed by atoms with Gasteiger partial charge in [0.25, 0.3) is 0 Å². The molecule has 0 aliphatic heterocycles. The Morgan fingerprint density at radius 1 is 1.10 bits per heavy atom. The Bertz CT molecular complexity index is 848. The molecule has 1 aromatic heterocycles. The molecule has 3 aliphatic rings. The van der Waals surface area contributed by atoms with E-state index in [1.54, 1.807) is 0 Å². The van der Waals surface area contributed by atoms with E-state index in [9.17, 15) is 14.4 Å². The highest BCUT2D eigenvalue weighted by atomic mass is 32.1. The fourth-order valence-electron chi connectivity index (χ4n) is 3.59. The number of aryl methyl sites for hydroxylation is 1. The lowest BCUT2D eigenvalue weighted by molar-refractivity contribution is -0.117. The molecular formula is C22H30N2O5S. The lowest BCUT2D eigenvalue weighted by Crippen LogP contribution is -2.41. The van der Waals surface area contributed by atoms with Crippen LogP contribution < -0.4 is 10.6 Å². The molecule has 3 aliphatic carbocycles. The first-order valence-electron chi connectivity index (χ1n) is 10.8. The predicted molar refractivity (Wildman–Crippen MR) is 114 cm³/mol. The minimum Gasteiger partial charge on any atom is -0.462 e. The highest BCUT2D eigenvalue weighted by Gasteiger charge is 2.35. The van der Waals surface area contributed by atoms with Crippen LogP contribution in [0.4, 0.5) is 9.80 Å². The molecule has 2 amide bonds. The molecule has 2 fully saturated rings. The number of hydrogen-bond donors (Lipinski definition) is 2. The third-order valence-corrected chi connectivity index (χ3v) is 6.73. The maximum Gasteiger partial charge on any atom is 0.407 e. The van der Waals surface area contributed by atoms with Gasteiger partial charge in [-0.05, 0) is 77.2 Å². The van der Waals surface area contributed by atoms with E-state index < -0.39 is 11.7 Å². The van der Waals surface area contributed by atoms with Crippen LogP contribution in [0.5, 0.6) is 0 Å². The van der Waals surface area contributed by atoms with Gasteiger partial charge in [-0.25, -0.2) is 9.59 Å². The fraction of sp³-hybridized carbons (Fsp3) is 0.682. The van der Waals surface area contributed by atoms with Crippen molar-refractivity contribution >= 4 is 34.3 Å². The van der Waals surface area contributed by atoms with Gasteiger partial charge in [0.1, 0.15) is 10.6 Å². The van der Waals surface area contributed by atoms with Crippen LogP contribution in [0.1, 0.15) is 73.7 Å². The van der Waals surface area contributed by atoms with Crippen molar-refractivity contribution in [1.29, 1.82) is 0 Å². The molecular weight excluding hydrogens is 404 g/mol. The fourth-order valence-corrected chi connectivity index (χ4v) is 4.83. The molecule has 0 saturated heterocycles. The number of fused-ring (bicyclic) bond motifs is 1. The Kier molecular flexibility index (Phi) is 5.79. The van der Waals surface area contributed by atoms with Crippen LogP contribution in [-0.4, -0.2) is 36.2 Å². The normalized spacial score (nSPS) is 20.8. The molecule has 4 rings (SSSR count). The molecule has 8 heteroatoms. The van der Waals surface area contributed by atoms with Crippen LogP contribution in [0.25, 0.3) is 0 Å². The van der Waals surface area contributed by atoms with E-state index in [-0.39, 0.29) is 23.8 Å². The molecule has 2 saturated carbocycles. The number of carbonyl (C=O) groups excluding carboxylic acids is 3. The summed E-state index contributed by atoms with van der Waals surface area (Å²) < 4.78 is 10.9. The van der Waals surface area contributed by atoms with Crippen molar-refractivity contribution in [2.24, 2.45) is 11.8 Å². The third kappa shape index (κ3) is 5.33. The Balaban J connectivity index is 1.51. The number of carbonyl (C=O) groups is 3. The van der Waals surface area contributed by atoms with Gasteiger partial charge in [0.05, 0.1) is 12.2 Å². The summed E-state index contributed by atoms with van der Waals surface area (Å²) in [5.74, 6) is 0.132. The maximum absolute atomic E-state index is 12.9. The summed E-state index contributed by atoms with van der Waals surface area (Å²) in [5, 5.41) is 6.49. The largest absolute Gasteiger partial charge is 0.462 e. The summed E-state index contributed by atoms with van der Waals surface area (Å²) in [6.07, 6.45) is 5.58. The highest BCUT2D eigenvalue weighted by molar-refractivity contribution is 7.17. The topological polar surface area (TPSA) is 93.7 Å². The van der Waals surface area contributed by atoms with Crippen molar-refractivity contribution in [2.75, 3.05) is 11.9 Å². The van der Waals surface area contributed by atoms with Crippen molar-refractivity contribution in [3.8, 4) is 0 Å². The van der Waals surface area contributed by atoms with Crippen LogP contribution >= 0.6 is 11.3 Å². The van der Waals surface area contributed by atoms with Crippen molar-refractivity contribution in [1.82, 2.24) is 5.32 Å². The summed E-state index contributed by atoms with van der Waals surface area (Å²) in [6, 6.07) is -0.121. The number of alkyl carbamates (subject to hydrolysis) is 1. The quantitative estimate of drug-likeness (QED) is 0.659. The first kappa shape index (κ1) is 21.2. The van der Waals surface area contributed by atoms with Gasteiger partial charge in [0.2, 0.25) is 5.91 Å². The summed E-state index contributed by atoms with van der Waals surface area (Å²) in [4.78, 5) is 38.6. The number of nitrogens with one attached hydrogen (secondary N) is 2. The Morgan fingerprint density at radius 2 is 1.83 bits per heavy atom. The van der Waals surface area contributed by atoms with Crippen molar-refractivity contribution in [2.45, 2.75) is 77.4 Å². The zero-order valence-corrected chi connectivity index (χ0v) is 18.7. The van der Waals surface area contributed by atoms with E-state index in [2.05, 4.69) is 10.6 Å². The SMILES string of the molecule is CC(C)(C)OC(=O)NC1CCc2sc(NC(=O)C3CC3)c(C(=O)OCC3CC3)c2C1. The van der Waals surface area contributed by atoms with Crippen LogP contribution in [0.3, 0.4) is 0 Å². The van der Waals surface area contributed by atoms with E-state index in [0.29, 0.717) is 29.5 Å². The number of hydrogen-bond acceptors (Lipinski definition) is 6. The average molecular weight is 435 g/mol. The molecule has 1 unspecified atom stereocenters. The van der Waals surface area contributed by atoms with Crippen LogP contribution in [0.2, 0.25) is 0 Å². The van der Waals surface area contributed by atoms with Crippen LogP contribution in [0, 0.1) is 11.8 Å². The van der Waals surface area contributed by atoms with Gasteiger partial charge in [-0.2, -0.15) is 0 Å². The Labute approximate surface area is 180 Å². The molecule has 164 valence electrons. The first-order chi connectivity index (χ1) is 14.2. The maximum atomic E-state index is 12.9. The number of amides is 2. The van der Waals surface area contributed by atoms with Gasteiger partial charge in [-0.15, -0.1) is 11.3 Å². The Hall–Kier alpha value is -2.09. The zero-order chi connectivity index (χ0) is 21.5. The number of esters is 1. The predicted octanol–water partition coefficient (Wildman–Crippen LogP) is 4.05. The van der Waals surface area contributed by atoms with E-state index in [4.69, 9.17) is 9.47 Å². The molecule has 1 aromatic rings. The van der Waals surface area contributed by atoms with E-state index in [0.717, 1.165) is 49.0 Å². The second kappa shape index (κ2) is 8.21. The molecule has 30 heavy (non-hydrogen) atoms. The first-order valence-corrected chi connectivity index (χ1v) is 11.6. The van der Waals surface area contributed by atoms with Gasteiger partial charge in [0.15, 0.2) is 0 Å². The monoisotopic (exact) mass is 434 g/mol. The van der Waals surface area contributed by atoms with Gasteiger partial charge in [-0.3, -0.25) is 4.79 Å². The molecule has 0 bridgehead atoms. The van der Waals surface area contributed by atoms with Crippen molar-refractivity contribution < 1.29 is 23.9 Å². The summed E-state index contributed by atoms with van der Waals surface area (Å²) >= 11 is 1.47. The Morgan fingerprint density at radius 3 is 2.47 bits per heavy atom. The zero-order valence-electron chi connectivity index (χ0n) is 17.8. The second-order valence-corrected chi connectivity index (χ2v) is 10.7. The number of thiophene rings is 1. The van der Waals surface area contributed by atoms with E-state index in [1.807, 2.05) is 20.8 Å². The molecule has 1 heterocycles. The van der Waals surface area contributed by atoms with Gasteiger partial charge < -0.3 is 20.1 Å². The van der Waals surface area contributed by atoms with Crippen LogP contribution in [-0.2, 0) is 27.1 Å². The summed E-state index contributed by atoms with van der Waals surface area (Å²) in [7, 11) is 0. The molecule has 0 spiro atoms. The number of rotatable bonds is 6. The highest BCUT2D eigenvalue weighted by Crippen LogP contribution is 2.40. The van der Waals surface area contributed by atoms with E-state index in [1.165, 1.54) is 11.3 Å². The smallest absolute Gasteiger partial charge is 0.407 e. The molecule has 1 atom stereocenters. The van der Waals surface area contributed by atoms with Crippen LogP contribution in [0.15, 0.2) is 0 Å². The molecule has 2 N–H and O–H groups in total. The standard InChI is InChI=1S/C22H30N2O5S/c1-22(2,3)29-21(27)23-14-8-9-16-15(10-14)17(20(26)28-11-12-4-5-12)19(30-16)24-18(25)13-6-7-13/h12-14H,4-11H2,1-3H3,(H,23,27)(H,24,25). The number of anilines is 1. The molecule has 7 nitrogen and oxygen atoms in total. The van der Waals surface area contributed by atoms with Crippen molar-refractivity contribution in [3.05, 3.63) is 16.0 Å². The second-order valence-electron chi connectivity index (χ2n) is 9.60. The lowest BCUT2D eigenvalue weighted by Gasteiger charge is -2.26. The number of ether oxygens (including phenoxy) is 2. The minimum absolute atomic E-state index is 0.0201. The molecule has 0 aromatic carbocycles. The average Bonchev–Trinajstić information content (AvgIpc) is 3.55. The summed E-state index contributed by atoms with van der Waals surface area (Å²) in [6.45, 7) is 5.91. The molecule has 0 radical (unpaired) electrons. The summed E-state index contributed by atoms with van der Waals surface area (Å²) in [5.41, 5.74) is 0.796.